The van der Waals surface area contributed by atoms with Crippen LogP contribution < -0.4 is 10.2 Å². The van der Waals surface area contributed by atoms with Gasteiger partial charge in [-0.2, -0.15) is 0 Å². The maximum absolute atomic E-state index is 12.9. The van der Waals surface area contributed by atoms with Crippen LogP contribution in [0.3, 0.4) is 0 Å². The van der Waals surface area contributed by atoms with Crippen LogP contribution in [0.2, 0.25) is 0 Å². The lowest BCUT2D eigenvalue weighted by Crippen LogP contribution is -2.54. The molecule has 6 heteroatoms. The third kappa shape index (κ3) is 3.20. The number of barbiturate groups is 1. The van der Waals surface area contributed by atoms with Crippen molar-refractivity contribution in [2.75, 3.05) is 4.90 Å². The number of halogens is 1. The average Bonchev–Trinajstić information content (AvgIpc) is 2.60. The summed E-state index contributed by atoms with van der Waals surface area (Å²) in [5, 5.41) is 2.25. The van der Waals surface area contributed by atoms with Crippen molar-refractivity contribution in [3.63, 3.8) is 0 Å². The maximum Gasteiger partial charge on any atom is 0.335 e. The molecule has 2 aromatic carbocycles. The molecule has 1 aliphatic rings. The number of carbonyl (C=O) groups excluding carboxylic acids is 3. The molecular weight excluding hydrogens is 396 g/mol. The van der Waals surface area contributed by atoms with Crippen molar-refractivity contribution in [1.82, 2.24) is 5.32 Å². The quantitative estimate of drug-likeness (QED) is 0.597. The van der Waals surface area contributed by atoms with Crippen LogP contribution in [0.15, 0.2) is 46.4 Å². The van der Waals surface area contributed by atoms with Gasteiger partial charge in [0.15, 0.2) is 0 Å². The zero-order valence-electron chi connectivity index (χ0n) is 14.6. The Hall–Kier alpha value is -2.73. The third-order valence-corrected chi connectivity index (χ3v) is 5.28. The zero-order chi connectivity index (χ0) is 19.0. The molecule has 26 heavy (non-hydrogen) atoms. The monoisotopic (exact) mass is 412 g/mol. The van der Waals surface area contributed by atoms with Crippen LogP contribution in [0.4, 0.5) is 10.5 Å². The summed E-state index contributed by atoms with van der Waals surface area (Å²) in [7, 11) is 0. The highest BCUT2D eigenvalue weighted by atomic mass is 79.9. The summed E-state index contributed by atoms with van der Waals surface area (Å²) >= 11 is 3.44. The SMILES string of the molecule is Cc1ccc(/C=C2\C(=O)NC(=O)N(c3ccc(Br)c(C)c3C)C2=O)cc1. The summed E-state index contributed by atoms with van der Waals surface area (Å²) < 4.78 is 0.884. The number of anilines is 1. The Kier molecular flexibility index (Phi) is 4.78. The molecule has 1 N–H and O–H groups in total. The second-order valence-corrected chi connectivity index (χ2v) is 7.04. The van der Waals surface area contributed by atoms with E-state index in [1.54, 1.807) is 12.1 Å². The zero-order valence-corrected chi connectivity index (χ0v) is 16.2. The Balaban J connectivity index is 2.06. The van der Waals surface area contributed by atoms with E-state index in [1.807, 2.05) is 45.0 Å². The first-order chi connectivity index (χ1) is 12.3. The predicted molar refractivity (Wildman–Crippen MR) is 104 cm³/mol. The molecule has 0 spiro atoms. The van der Waals surface area contributed by atoms with Gasteiger partial charge in [-0.25, -0.2) is 9.69 Å². The molecule has 0 aromatic heterocycles. The van der Waals surface area contributed by atoms with Gasteiger partial charge in [0.05, 0.1) is 5.69 Å². The van der Waals surface area contributed by atoms with Crippen LogP contribution in [-0.2, 0) is 9.59 Å². The van der Waals surface area contributed by atoms with Crippen LogP contribution in [0, 0.1) is 20.8 Å². The highest BCUT2D eigenvalue weighted by Gasteiger charge is 2.37. The minimum atomic E-state index is -0.745. The topological polar surface area (TPSA) is 66.5 Å². The van der Waals surface area contributed by atoms with Crippen LogP contribution >= 0.6 is 15.9 Å². The van der Waals surface area contributed by atoms with E-state index in [0.717, 1.165) is 26.1 Å². The number of rotatable bonds is 2. The fraction of sp³-hybridized carbons (Fsp3) is 0.150. The number of amides is 4. The van der Waals surface area contributed by atoms with Gasteiger partial charge in [-0.3, -0.25) is 14.9 Å². The van der Waals surface area contributed by atoms with E-state index in [-0.39, 0.29) is 5.57 Å². The Morgan fingerprint density at radius 1 is 0.923 bits per heavy atom. The van der Waals surface area contributed by atoms with Gasteiger partial charge in [-0.15, -0.1) is 0 Å². The number of hydrogen-bond donors (Lipinski definition) is 1. The highest BCUT2D eigenvalue weighted by Crippen LogP contribution is 2.31. The molecule has 2 aromatic rings. The van der Waals surface area contributed by atoms with E-state index in [9.17, 15) is 14.4 Å². The Morgan fingerprint density at radius 3 is 2.23 bits per heavy atom. The molecule has 3 rings (SSSR count). The fourth-order valence-electron chi connectivity index (χ4n) is 2.72. The first kappa shape index (κ1) is 18.1. The second kappa shape index (κ2) is 6.88. The van der Waals surface area contributed by atoms with Gasteiger partial charge in [0.1, 0.15) is 5.57 Å². The molecule has 0 saturated carbocycles. The van der Waals surface area contributed by atoms with Gasteiger partial charge in [0.25, 0.3) is 11.8 Å². The van der Waals surface area contributed by atoms with Gasteiger partial charge >= 0.3 is 6.03 Å². The normalized spacial score (nSPS) is 16.2. The van der Waals surface area contributed by atoms with Crippen molar-refractivity contribution >= 4 is 45.5 Å². The Labute approximate surface area is 159 Å². The smallest absolute Gasteiger partial charge is 0.273 e. The van der Waals surface area contributed by atoms with Crippen LogP contribution in [0.25, 0.3) is 6.08 Å². The van der Waals surface area contributed by atoms with Crippen LogP contribution in [0.1, 0.15) is 22.3 Å². The molecule has 0 aliphatic carbocycles. The summed E-state index contributed by atoms with van der Waals surface area (Å²) in [5.74, 6) is -1.33. The van der Waals surface area contributed by atoms with E-state index in [4.69, 9.17) is 0 Å². The minimum absolute atomic E-state index is 0.0755. The van der Waals surface area contributed by atoms with E-state index >= 15 is 0 Å². The molecule has 4 amide bonds. The molecule has 0 atom stereocenters. The Morgan fingerprint density at radius 2 is 1.58 bits per heavy atom. The van der Waals surface area contributed by atoms with E-state index in [0.29, 0.717) is 11.3 Å². The van der Waals surface area contributed by atoms with Crippen molar-refractivity contribution in [1.29, 1.82) is 0 Å². The summed E-state index contributed by atoms with van der Waals surface area (Å²) in [4.78, 5) is 38.5. The molecule has 0 radical (unpaired) electrons. The molecule has 1 fully saturated rings. The molecule has 0 bridgehead atoms. The average molecular weight is 413 g/mol. The molecular formula is C20H17BrN2O3. The summed E-state index contributed by atoms with van der Waals surface area (Å²) in [6, 6.07) is 10.1. The summed E-state index contributed by atoms with van der Waals surface area (Å²) in [6.45, 7) is 5.67. The van der Waals surface area contributed by atoms with Crippen LogP contribution in [-0.4, -0.2) is 17.8 Å². The molecule has 0 unspecified atom stereocenters. The first-order valence-corrected chi connectivity index (χ1v) is 8.82. The molecule has 1 saturated heterocycles. The lowest BCUT2D eigenvalue weighted by Gasteiger charge is -2.28. The van der Waals surface area contributed by atoms with Crippen molar-refractivity contribution in [3.05, 3.63) is 68.7 Å². The molecule has 132 valence electrons. The van der Waals surface area contributed by atoms with Crippen molar-refractivity contribution in [2.45, 2.75) is 20.8 Å². The fourth-order valence-corrected chi connectivity index (χ4v) is 3.15. The van der Waals surface area contributed by atoms with Gasteiger partial charge < -0.3 is 0 Å². The largest absolute Gasteiger partial charge is 0.335 e. The molecule has 1 heterocycles. The van der Waals surface area contributed by atoms with E-state index in [1.165, 1.54) is 6.08 Å². The van der Waals surface area contributed by atoms with Crippen molar-refractivity contribution in [3.8, 4) is 0 Å². The van der Waals surface area contributed by atoms with Gasteiger partial charge in [-0.05, 0) is 55.7 Å². The standard InChI is InChI=1S/C20H17BrN2O3/c1-11-4-6-14(7-5-11)10-15-18(24)22-20(26)23(19(15)25)17-9-8-16(21)12(2)13(17)3/h4-10H,1-3H3,(H,22,24,26)/b15-10+. The number of benzene rings is 2. The number of nitrogens with zero attached hydrogens (tertiary/aromatic N) is 1. The van der Waals surface area contributed by atoms with Gasteiger partial charge in [-0.1, -0.05) is 45.8 Å². The summed E-state index contributed by atoms with van der Waals surface area (Å²) in [6.07, 6.45) is 1.50. The lowest BCUT2D eigenvalue weighted by molar-refractivity contribution is -0.122. The maximum atomic E-state index is 12.9. The third-order valence-electron chi connectivity index (χ3n) is 4.42. The lowest BCUT2D eigenvalue weighted by atomic mass is 10.0. The summed E-state index contributed by atoms with van der Waals surface area (Å²) in [5.41, 5.74) is 3.87. The van der Waals surface area contributed by atoms with Gasteiger partial charge in [0.2, 0.25) is 0 Å². The van der Waals surface area contributed by atoms with Crippen LogP contribution in [0.5, 0.6) is 0 Å². The van der Waals surface area contributed by atoms with Crippen molar-refractivity contribution < 1.29 is 14.4 Å². The Bertz CT molecular complexity index is 962. The first-order valence-electron chi connectivity index (χ1n) is 8.03. The van der Waals surface area contributed by atoms with E-state index in [2.05, 4.69) is 21.2 Å². The highest BCUT2D eigenvalue weighted by molar-refractivity contribution is 9.10. The predicted octanol–water partition coefficient (Wildman–Crippen LogP) is 4.04. The van der Waals surface area contributed by atoms with Crippen molar-refractivity contribution in [2.24, 2.45) is 0 Å². The number of aryl methyl sites for hydroxylation is 1. The number of imide groups is 2. The number of urea groups is 1. The number of carbonyl (C=O) groups is 3. The number of hydrogen-bond acceptors (Lipinski definition) is 3. The molecule has 1 aliphatic heterocycles. The number of nitrogens with one attached hydrogen (secondary N) is 1. The second-order valence-electron chi connectivity index (χ2n) is 6.19. The van der Waals surface area contributed by atoms with Gasteiger partial charge in [0, 0.05) is 4.47 Å². The molecule has 5 nitrogen and oxygen atoms in total. The van der Waals surface area contributed by atoms with E-state index < -0.39 is 17.8 Å². The minimum Gasteiger partial charge on any atom is -0.273 e.